The molecular weight excluding hydrogens is 188 g/mol. The molecule has 0 saturated heterocycles. The highest BCUT2D eigenvalue weighted by Crippen LogP contribution is 2.10. The Kier molecular flexibility index (Phi) is 3.11. The maximum Gasteiger partial charge on any atom is 0.0981 e. The molecule has 0 unspecified atom stereocenters. The second kappa shape index (κ2) is 4.72. The van der Waals surface area contributed by atoms with Crippen LogP contribution in [0, 0.1) is 0 Å². The molecule has 0 aromatic heterocycles. The summed E-state index contributed by atoms with van der Waals surface area (Å²) in [4.78, 5) is 0. The Morgan fingerprint density at radius 3 is 2.93 bits per heavy atom. The van der Waals surface area contributed by atoms with Gasteiger partial charge in [-0.2, -0.15) is 5.10 Å². The van der Waals surface area contributed by atoms with Crippen LogP contribution < -0.4 is 11.3 Å². The maximum absolute atomic E-state index is 5.22. The zero-order valence-corrected chi connectivity index (χ0v) is 8.43. The molecule has 0 aliphatic carbocycles. The fourth-order valence-corrected chi connectivity index (χ4v) is 1.50. The normalized spacial score (nSPS) is 17.7. The van der Waals surface area contributed by atoms with E-state index in [1.165, 1.54) is 11.1 Å². The van der Waals surface area contributed by atoms with E-state index in [-0.39, 0.29) is 0 Å². The summed E-state index contributed by atoms with van der Waals surface area (Å²) < 4.78 is 0. The molecule has 4 nitrogen and oxygen atoms in total. The molecule has 0 spiro atoms. The van der Waals surface area contributed by atoms with Gasteiger partial charge >= 0.3 is 0 Å². The summed E-state index contributed by atoms with van der Waals surface area (Å²) in [7, 11) is 0. The standard InChI is InChI=1S/C11H14N4/c12-13-9-15-8-11(7-14-15)6-10-4-2-1-3-5-10/h1-7,13H,8-9,12H2. The molecule has 0 bridgehead atoms. The molecule has 78 valence electrons. The second-order valence-corrected chi connectivity index (χ2v) is 3.40. The van der Waals surface area contributed by atoms with E-state index >= 15 is 0 Å². The van der Waals surface area contributed by atoms with Gasteiger partial charge in [-0.3, -0.25) is 10.9 Å². The molecule has 0 fully saturated rings. The quantitative estimate of drug-likeness (QED) is 0.563. The highest BCUT2D eigenvalue weighted by atomic mass is 15.5. The van der Waals surface area contributed by atoms with Crippen molar-refractivity contribution in [3.05, 3.63) is 41.5 Å². The number of nitrogens with two attached hydrogens (primary N) is 1. The van der Waals surface area contributed by atoms with E-state index < -0.39 is 0 Å². The lowest BCUT2D eigenvalue weighted by molar-refractivity contribution is 0.306. The lowest BCUT2D eigenvalue weighted by Crippen LogP contribution is -2.33. The third-order valence-electron chi connectivity index (χ3n) is 2.18. The van der Waals surface area contributed by atoms with Crippen molar-refractivity contribution in [1.82, 2.24) is 10.4 Å². The highest BCUT2D eigenvalue weighted by Gasteiger charge is 2.08. The fraction of sp³-hybridized carbons (Fsp3) is 0.182. The van der Waals surface area contributed by atoms with Crippen LogP contribution in [-0.4, -0.2) is 24.4 Å². The lowest BCUT2D eigenvalue weighted by Gasteiger charge is -2.11. The van der Waals surface area contributed by atoms with Gasteiger partial charge in [-0.1, -0.05) is 30.3 Å². The van der Waals surface area contributed by atoms with Gasteiger partial charge in [0.15, 0.2) is 0 Å². The molecule has 15 heavy (non-hydrogen) atoms. The number of nitrogens with zero attached hydrogens (tertiary/aromatic N) is 2. The smallest absolute Gasteiger partial charge is 0.0981 e. The topological polar surface area (TPSA) is 53.6 Å². The number of benzene rings is 1. The van der Waals surface area contributed by atoms with Gasteiger partial charge < -0.3 is 0 Å². The van der Waals surface area contributed by atoms with Crippen LogP contribution in [0.2, 0.25) is 0 Å². The second-order valence-electron chi connectivity index (χ2n) is 3.40. The zero-order chi connectivity index (χ0) is 10.5. The van der Waals surface area contributed by atoms with Gasteiger partial charge in [0.2, 0.25) is 0 Å². The van der Waals surface area contributed by atoms with E-state index in [9.17, 15) is 0 Å². The van der Waals surface area contributed by atoms with Crippen LogP contribution in [0.25, 0.3) is 6.08 Å². The van der Waals surface area contributed by atoms with Crippen LogP contribution in [0.1, 0.15) is 5.56 Å². The third-order valence-corrected chi connectivity index (χ3v) is 2.18. The number of nitrogens with one attached hydrogen (secondary N) is 1. The Bertz CT molecular complexity index is 369. The van der Waals surface area contributed by atoms with Crippen LogP contribution in [0.15, 0.2) is 41.0 Å². The minimum Gasteiger partial charge on any atom is -0.277 e. The number of hydrogen-bond acceptors (Lipinski definition) is 4. The van der Waals surface area contributed by atoms with E-state index in [0.717, 1.165) is 6.54 Å². The molecule has 1 aliphatic rings. The Morgan fingerprint density at radius 2 is 2.20 bits per heavy atom. The molecule has 1 aliphatic heterocycles. The molecule has 1 heterocycles. The Morgan fingerprint density at radius 1 is 1.40 bits per heavy atom. The van der Waals surface area contributed by atoms with Crippen LogP contribution in [0.4, 0.5) is 0 Å². The number of hydrazine groups is 1. The molecule has 0 radical (unpaired) electrons. The first-order chi connectivity index (χ1) is 7.38. The summed E-state index contributed by atoms with van der Waals surface area (Å²) in [5.41, 5.74) is 4.97. The number of hydrazone groups is 1. The summed E-state index contributed by atoms with van der Waals surface area (Å²) in [6, 6.07) is 10.2. The first-order valence-corrected chi connectivity index (χ1v) is 4.86. The van der Waals surface area contributed by atoms with Crippen molar-refractivity contribution >= 4 is 12.3 Å². The third kappa shape index (κ3) is 2.65. The predicted octanol–water partition coefficient (Wildman–Crippen LogP) is 0.792. The first kappa shape index (κ1) is 9.89. The molecular formula is C11H14N4. The Balaban J connectivity index is 2.03. The average molecular weight is 202 g/mol. The van der Waals surface area contributed by atoms with Crippen molar-refractivity contribution in [3.8, 4) is 0 Å². The van der Waals surface area contributed by atoms with Gasteiger partial charge in [-0.15, -0.1) is 0 Å². The summed E-state index contributed by atoms with van der Waals surface area (Å²) in [6.07, 6.45) is 3.99. The van der Waals surface area contributed by atoms with Crippen molar-refractivity contribution in [2.75, 3.05) is 13.2 Å². The number of hydrogen-bond donors (Lipinski definition) is 2. The van der Waals surface area contributed by atoms with Crippen molar-refractivity contribution in [2.24, 2.45) is 10.9 Å². The molecule has 3 N–H and O–H groups in total. The van der Waals surface area contributed by atoms with E-state index in [0.29, 0.717) is 6.67 Å². The minimum atomic E-state index is 0.572. The van der Waals surface area contributed by atoms with Gasteiger partial charge in [-0.05, 0) is 17.2 Å². The minimum absolute atomic E-state index is 0.572. The van der Waals surface area contributed by atoms with Crippen molar-refractivity contribution in [2.45, 2.75) is 0 Å². The zero-order valence-electron chi connectivity index (χ0n) is 8.43. The molecule has 2 rings (SSSR count). The van der Waals surface area contributed by atoms with Crippen LogP contribution in [0.5, 0.6) is 0 Å². The summed E-state index contributed by atoms with van der Waals surface area (Å²) in [5, 5.41) is 6.07. The molecule has 1 aromatic rings. The van der Waals surface area contributed by atoms with Gasteiger partial charge in [0.25, 0.3) is 0 Å². The van der Waals surface area contributed by atoms with Gasteiger partial charge in [0, 0.05) is 0 Å². The Labute approximate surface area is 89.0 Å². The van der Waals surface area contributed by atoms with Crippen molar-refractivity contribution in [1.29, 1.82) is 0 Å². The van der Waals surface area contributed by atoms with E-state index in [4.69, 9.17) is 5.84 Å². The monoisotopic (exact) mass is 202 g/mol. The number of rotatable bonds is 3. The van der Waals surface area contributed by atoms with Crippen LogP contribution in [0.3, 0.4) is 0 Å². The predicted molar refractivity (Wildman–Crippen MR) is 61.8 cm³/mol. The lowest BCUT2D eigenvalue weighted by atomic mass is 10.1. The Hall–Kier alpha value is -1.65. The van der Waals surface area contributed by atoms with Crippen molar-refractivity contribution < 1.29 is 0 Å². The molecule has 4 heteroatoms. The fourth-order valence-electron chi connectivity index (χ4n) is 1.50. The molecule has 0 saturated carbocycles. The summed E-state index contributed by atoms with van der Waals surface area (Å²) in [6.45, 7) is 1.38. The SMILES string of the molecule is NNCN1CC(=Cc2ccccc2)C=N1. The van der Waals surface area contributed by atoms with Crippen molar-refractivity contribution in [3.63, 3.8) is 0 Å². The molecule has 0 amide bonds. The van der Waals surface area contributed by atoms with E-state index in [1.807, 2.05) is 29.4 Å². The first-order valence-electron chi connectivity index (χ1n) is 4.86. The van der Waals surface area contributed by atoms with E-state index in [1.54, 1.807) is 0 Å². The largest absolute Gasteiger partial charge is 0.277 e. The summed E-state index contributed by atoms with van der Waals surface area (Å²) >= 11 is 0. The van der Waals surface area contributed by atoms with Crippen LogP contribution in [-0.2, 0) is 0 Å². The average Bonchev–Trinajstić information content (AvgIpc) is 2.68. The van der Waals surface area contributed by atoms with E-state index in [2.05, 4.69) is 28.7 Å². The molecule has 1 aromatic carbocycles. The van der Waals surface area contributed by atoms with Gasteiger partial charge in [0.05, 0.1) is 19.4 Å². The summed E-state index contributed by atoms with van der Waals surface area (Å²) in [5.74, 6) is 5.22. The highest BCUT2D eigenvalue weighted by molar-refractivity contribution is 5.87. The van der Waals surface area contributed by atoms with Gasteiger partial charge in [-0.25, -0.2) is 5.43 Å². The molecule has 0 atom stereocenters. The van der Waals surface area contributed by atoms with Gasteiger partial charge in [0.1, 0.15) is 0 Å². The van der Waals surface area contributed by atoms with Crippen LogP contribution >= 0.6 is 0 Å². The maximum atomic E-state index is 5.22.